The van der Waals surface area contributed by atoms with Gasteiger partial charge in [0, 0.05) is 24.4 Å². The summed E-state index contributed by atoms with van der Waals surface area (Å²) in [5, 5.41) is 18.8. The van der Waals surface area contributed by atoms with E-state index < -0.39 is 4.92 Å². The van der Waals surface area contributed by atoms with Crippen molar-refractivity contribution in [3.05, 3.63) is 56.1 Å². The van der Waals surface area contributed by atoms with Gasteiger partial charge < -0.3 is 11.5 Å². The zero-order valence-corrected chi connectivity index (χ0v) is 12.7. The number of nitrogens with zero attached hydrogens (tertiary/aromatic N) is 3. The highest BCUT2D eigenvalue weighted by molar-refractivity contribution is 6.39. The number of hydrogen-bond acceptors (Lipinski definition) is 6. The molecule has 0 saturated heterocycles. The van der Waals surface area contributed by atoms with Crippen LogP contribution in [0.25, 0.3) is 0 Å². The molecule has 0 unspecified atom stereocenters. The first-order chi connectivity index (χ1) is 10.4. The molecule has 0 aliphatic carbocycles. The summed E-state index contributed by atoms with van der Waals surface area (Å²) in [5.41, 5.74) is 13.0. The van der Waals surface area contributed by atoms with Gasteiger partial charge in [-0.1, -0.05) is 23.2 Å². The normalized spacial score (nSPS) is 11.0. The first-order valence-electron chi connectivity index (χ1n) is 6.06. The number of benzene rings is 2. The van der Waals surface area contributed by atoms with Crippen LogP contribution in [0.5, 0.6) is 0 Å². The second kappa shape index (κ2) is 6.69. The van der Waals surface area contributed by atoms with Crippen LogP contribution in [0.2, 0.25) is 10.0 Å². The fourth-order valence-corrected chi connectivity index (χ4v) is 2.27. The van der Waals surface area contributed by atoms with Crippen LogP contribution in [0, 0.1) is 10.1 Å². The number of anilines is 1. The second-order valence-electron chi connectivity index (χ2n) is 4.31. The van der Waals surface area contributed by atoms with Crippen LogP contribution in [0.4, 0.5) is 22.7 Å². The summed E-state index contributed by atoms with van der Waals surface area (Å²) < 4.78 is 0. The number of nitrogens with two attached hydrogens (primary N) is 2. The van der Waals surface area contributed by atoms with E-state index in [4.69, 9.17) is 34.7 Å². The highest BCUT2D eigenvalue weighted by atomic mass is 35.5. The Kier molecular flexibility index (Phi) is 4.92. The largest absolute Gasteiger partial charge is 0.399 e. The molecule has 7 nitrogen and oxygen atoms in total. The van der Waals surface area contributed by atoms with E-state index in [1.807, 2.05) is 0 Å². The summed E-state index contributed by atoms with van der Waals surface area (Å²) in [6.07, 6.45) is 0. The molecule has 0 radical (unpaired) electrons. The van der Waals surface area contributed by atoms with Crippen LogP contribution < -0.4 is 11.5 Å². The molecule has 0 amide bonds. The Hall–Kier alpha value is -2.22. The number of rotatable bonds is 4. The van der Waals surface area contributed by atoms with Gasteiger partial charge in [-0.05, 0) is 23.8 Å². The zero-order chi connectivity index (χ0) is 16.3. The summed E-state index contributed by atoms with van der Waals surface area (Å²) in [6.45, 7) is 0.237. The fourth-order valence-electron chi connectivity index (χ4n) is 1.72. The molecule has 0 saturated carbocycles. The first kappa shape index (κ1) is 16.2. The molecule has 2 aromatic rings. The van der Waals surface area contributed by atoms with Crippen LogP contribution in [-0.4, -0.2) is 4.92 Å². The number of azo groups is 1. The molecule has 22 heavy (non-hydrogen) atoms. The Morgan fingerprint density at radius 3 is 2.32 bits per heavy atom. The summed E-state index contributed by atoms with van der Waals surface area (Å²) in [7, 11) is 0. The molecule has 114 valence electrons. The monoisotopic (exact) mass is 339 g/mol. The minimum Gasteiger partial charge on any atom is -0.399 e. The minimum atomic E-state index is -0.592. The standard InChI is InChI=1S/C13H11Cl2N5O2/c14-10-4-9(20(21)22)5-11(15)13(10)19-18-12-2-1-8(17)3-7(12)6-16/h1-5H,6,16-17H2. The molecule has 0 aromatic heterocycles. The lowest BCUT2D eigenvalue weighted by Gasteiger charge is -2.04. The van der Waals surface area contributed by atoms with Crippen molar-refractivity contribution < 1.29 is 4.92 Å². The Bertz CT molecular complexity index is 741. The second-order valence-corrected chi connectivity index (χ2v) is 5.12. The maximum absolute atomic E-state index is 10.7. The van der Waals surface area contributed by atoms with Gasteiger partial charge in [0.1, 0.15) is 5.69 Å². The van der Waals surface area contributed by atoms with Crippen molar-refractivity contribution in [3.8, 4) is 0 Å². The molecule has 0 bridgehead atoms. The summed E-state index contributed by atoms with van der Waals surface area (Å²) in [6, 6.07) is 7.33. The van der Waals surface area contributed by atoms with E-state index in [-0.39, 0.29) is 28.0 Å². The summed E-state index contributed by atoms with van der Waals surface area (Å²) in [4.78, 5) is 10.1. The van der Waals surface area contributed by atoms with Gasteiger partial charge >= 0.3 is 0 Å². The fraction of sp³-hybridized carbons (Fsp3) is 0.0769. The van der Waals surface area contributed by atoms with Crippen LogP contribution in [0.1, 0.15) is 5.56 Å². The number of nitrogen functional groups attached to an aromatic ring is 1. The average Bonchev–Trinajstić information content (AvgIpc) is 2.47. The lowest BCUT2D eigenvalue weighted by Crippen LogP contribution is -1.97. The van der Waals surface area contributed by atoms with Crippen molar-refractivity contribution in [1.82, 2.24) is 0 Å². The van der Waals surface area contributed by atoms with E-state index in [9.17, 15) is 10.1 Å². The lowest BCUT2D eigenvalue weighted by molar-refractivity contribution is -0.384. The van der Waals surface area contributed by atoms with Gasteiger partial charge in [0.25, 0.3) is 5.69 Å². The van der Waals surface area contributed by atoms with Gasteiger partial charge in [-0.3, -0.25) is 10.1 Å². The third-order valence-electron chi connectivity index (χ3n) is 2.79. The molecule has 0 fully saturated rings. The van der Waals surface area contributed by atoms with Gasteiger partial charge in [0.15, 0.2) is 0 Å². The van der Waals surface area contributed by atoms with E-state index in [0.717, 1.165) is 12.1 Å². The predicted molar refractivity (Wildman–Crippen MR) is 86.0 cm³/mol. The predicted octanol–water partition coefficient (Wildman–Crippen LogP) is 4.36. The highest BCUT2D eigenvalue weighted by Gasteiger charge is 2.14. The molecule has 9 heteroatoms. The Morgan fingerprint density at radius 2 is 1.77 bits per heavy atom. The van der Waals surface area contributed by atoms with Crippen molar-refractivity contribution >= 4 is 46.0 Å². The number of halogens is 2. The van der Waals surface area contributed by atoms with E-state index >= 15 is 0 Å². The first-order valence-corrected chi connectivity index (χ1v) is 6.81. The number of hydrogen-bond donors (Lipinski definition) is 2. The van der Waals surface area contributed by atoms with Crippen molar-refractivity contribution in [2.75, 3.05) is 5.73 Å². The van der Waals surface area contributed by atoms with Crippen LogP contribution >= 0.6 is 23.2 Å². The Labute approximate surface area is 135 Å². The van der Waals surface area contributed by atoms with Gasteiger partial charge in [0.2, 0.25) is 0 Å². The molecule has 2 rings (SSSR count). The van der Waals surface area contributed by atoms with E-state index in [0.29, 0.717) is 16.9 Å². The molecular weight excluding hydrogens is 329 g/mol. The average molecular weight is 340 g/mol. The van der Waals surface area contributed by atoms with Crippen molar-refractivity contribution in [1.29, 1.82) is 0 Å². The summed E-state index contributed by atoms with van der Waals surface area (Å²) >= 11 is 11.9. The Morgan fingerprint density at radius 1 is 1.14 bits per heavy atom. The Balaban J connectivity index is 2.41. The molecule has 4 N–H and O–H groups in total. The minimum absolute atomic E-state index is 0.0349. The number of nitro benzene ring substituents is 1. The molecule has 0 aliphatic heterocycles. The van der Waals surface area contributed by atoms with E-state index in [2.05, 4.69) is 10.2 Å². The van der Waals surface area contributed by atoms with Crippen LogP contribution in [-0.2, 0) is 6.54 Å². The number of nitro groups is 1. The van der Waals surface area contributed by atoms with E-state index in [1.165, 1.54) is 0 Å². The summed E-state index contributed by atoms with van der Waals surface area (Å²) in [5.74, 6) is 0. The maximum Gasteiger partial charge on any atom is 0.272 e. The number of non-ortho nitro benzene ring substituents is 1. The molecule has 0 spiro atoms. The third-order valence-corrected chi connectivity index (χ3v) is 3.37. The SMILES string of the molecule is NCc1cc(N)ccc1N=Nc1c(Cl)cc([N+](=O)[O-])cc1Cl. The van der Waals surface area contributed by atoms with Gasteiger partial charge in [-0.2, -0.15) is 5.11 Å². The lowest BCUT2D eigenvalue weighted by atomic mass is 10.1. The van der Waals surface area contributed by atoms with Gasteiger partial charge in [-0.15, -0.1) is 5.11 Å². The smallest absolute Gasteiger partial charge is 0.272 e. The molecule has 0 heterocycles. The van der Waals surface area contributed by atoms with E-state index in [1.54, 1.807) is 18.2 Å². The maximum atomic E-state index is 10.7. The molecule has 0 atom stereocenters. The third kappa shape index (κ3) is 3.51. The van der Waals surface area contributed by atoms with Gasteiger partial charge in [-0.25, -0.2) is 0 Å². The zero-order valence-electron chi connectivity index (χ0n) is 11.2. The van der Waals surface area contributed by atoms with Crippen molar-refractivity contribution in [2.45, 2.75) is 6.54 Å². The molecule has 2 aromatic carbocycles. The van der Waals surface area contributed by atoms with Crippen LogP contribution in [0.3, 0.4) is 0 Å². The topological polar surface area (TPSA) is 120 Å². The molecular formula is C13H11Cl2N5O2. The van der Waals surface area contributed by atoms with Gasteiger partial charge in [0.05, 0.1) is 20.7 Å². The highest BCUT2D eigenvalue weighted by Crippen LogP contribution is 2.38. The molecule has 0 aliphatic rings. The van der Waals surface area contributed by atoms with Crippen LogP contribution in [0.15, 0.2) is 40.6 Å². The quantitative estimate of drug-likeness (QED) is 0.372. The van der Waals surface area contributed by atoms with Crippen molar-refractivity contribution in [3.63, 3.8) is 0 Å². The van der Waals surface area contributed by atoms with Crippen molar-refractivity contribution in [2.24, 2.45) is 16.0 Å².